The number of nitroso groups, excluding NO2 is 1. The maximum Gasteiger partial charge on any atom is 0.338 e. The zero-order valence-corrected chi connectivity index (χ0v) is 19.2. The summed E-state index contributed by atoms with van der Waals surface area (Å²) < 4.78 is 11.7. The second-order valence-electron chi connectivity index (χ2n) is 8.12. The highest BCUT2D eigenvalue weighted by Crippen LogP contribution is 2.42. The Bertz CT molecular complexity index is 1690. The quantitative estimate of drug-likeness (QED) is 0.263. The van der Waals surface area contributed by atoms with E-state index >= 15 is 0 Å². The molecular formula is C26H14N6O6. The molecule has 38 heavy (non-hydrogen) atoms. The molecule has 0 aliphatic carbocycles. The Labute approximate surface area is 214 Å². The average Bonchev–Trinajstić information content (AvgIpc) is 2.91. The first-order valence-corrected chi connectivity index (χ1v) is 10.7. The van der Waals surface area contributed by atoms with Gasteiger partial charge in [-0.2, -0.15) is 21.0 Å². The molecule has 12 nitrogen and oxygen atoms in total. The summed E-state index contributed by atoms with van der Waals surface area (Å²) >= 11 is 0. The van der Waals surface area contributed by atoms with Crippen LogP contribution in [0.3, 0.4) is 0 Å². The summed E-state index contributed by atoms with van der Waals surface area (Å²) in [5.41, 5.74) is 5.30. The van der Waals surface area contributed by atoms with Crippen LogP contribution in [0.4, 0.5) is 11.4 Å². The van der Waals surface area contributed by atoms with Gasteiger partial charge in [0.15, 0.2) is 11.8 Å². The molecule has 3 aromatic carbocycles. The summed E-state index contributed by atoms with van der Waals surface area (Å²) in [6, 6.07) is 14.5. The number of hydrogen-bond acceptors (Lipinski definition) is 12. The van der Waals surface area contributed by atoms with Crippen LogP contribution in [0.5, 0.6) is 17.2 Å². The zero-order valence-electron chi connectivity index (χ0n) is 19.2. The molecule has 2 atom stereocenters. The van der Waals surface area contributed by atoms with Crippen LogP contribution < -0.4 is 10.5 Å². The predicted molar refractivity (Wildman–Crippen MR) is 128 cm³/mol. The van der Waals surface area contributed by atoms with Crippen molar-refractivity contribution in [3.8, 4) is 41.5 Å². The zero-order chi connectivity index (χ0) is 27.6. The predicted octanol–water partition coefficient (Wildman–Crippen LogP) is 3.47. The van der Waals surface area contributed by atoms with Crippen molar-refractivity contribution in [3.63, 3.8) is 0 Å². The van der Waals surface area contributed by atoms with Gasteiger partial charge in [0.1, 0.15) is 47.1 Å². The Morgan fingerprint density at radius 3 is 2.29 bits per heavy atom. The lowest BCUT2D eigenvalue weighted by Crippen LogP contribution is -2.35. The van der Waals surface area contributed by atoms with Crippen LogP contribution in [-0.2, 0) is 11.2 Å². The van der Waals surface area contributed by atoms with E-state index in [1.54, 1.807) is 18.2 Å². The topological polar surface area (TPSA) is 227 Å². The van der Waals surface area contributed by atoms with E-state index in [-0.39, 0.29) is 51.2 Å². The summed E-state index contributed by atoms with van der Waals surface area (Å²) in [6.07, 6.45) is -2.37. The van der Waals surface area contributed by atoms with Gasteiger partial charge in [-0.15, -0.1) is 4.91 Å². The number of phenols is 2. The Balaban J connectivity index is 1.82. The molecule has 1 aliphatic rings. The molecule has 0 amide bonds. The summed E-state index contributed by atoms with van der Waals surface area (Å²) in [7, 11) is 0. The number of ether oxygens (including phenoxy) is 2. The van der Waals surface area contributed by atoms with E-state index in [0.717, 1.165) is 18.2 Å². The highest BCUT2D eigenvalue weighted by molar-refractivity contribution is 5.91. The number of hydrogen-bond donors (Lipinski definition) is 3. The number of phenolic OH excluding ortho intramolecular Hbond substituents is 2. The lowest BCUT2D eigenvalue weighted by Gasteiger charge is -2.34. The van der Waals surface area contributed by atoms with E-state index < -0.39 is 35.4 Å². The second-order valence-corrected chi connectivity index (χ2v) is 8.12. The standard InChI is InChI=1S/C26H14N6O6/c27-8-14-2-13(5-20(33)19(14)11-30)26(35)38-23-7-18-15(9-28)3-17(31)6-22(18)37-25(23)12-1-16(10-29)24(32-36)21(34)4-12/h1-6,23,25,33-34H,7,31H2. The van der Waals surface area contributed by atoms with E-state index in [1.165, 1.54) is 18.2 Å². The van der Waals surface area contributed by atoms with Crippen molar-refractivity contribution in [1.29, 1.82) is 21.0 Å². The molecule has 1 heterocycles. The molecule has 0 bridgehead atoms. The van der Waals surface area contributed by atoms with E-state index in [9.17, 15) is 35.7 Å². The van der Waals surface area contributed by atoms with Crippen molar-refractivity contribution in [2.75, 3.05) is 5.73 Å². The molecule has 3 aromatic rings. The van der Waals surface area contributed by atoms with Gasteiger partial charge in [0.05, 0.1) is 28.3 Å². The van der Waals surface area contributed by atoms with Gasteiger partial charge in [-0.25, -0.2) is 4.79 Å². The minimum atomic E-state index is -1.16. The Kier molecular flexibility index (Phi) is 6.49. The number of fused-ring (bicyclic) bond motifs is 1. The van der Waals surface area contributed by atoms with E-state index in [1.807, 2.05) is 6.07 Å². The van der Waals surface area contributed by atoms with Crippen molar-refractivity contribution in [2.24, 2.45) is 5.18 Å². The van der Waals surface area contributed by atoms with E-state index in [4.69, 9.17) is 20.5 Å². The van der Waals surface area contributed by atoms with Gasteiger partial charge in [-0.3, -0.25) is 0 Å². The number of nitrogens with zero attached hydrogens (tertiary/aromatic N) is 5. The molecule has 1 aliphatic heterocycles. The number of anilines is 1. The Morgan fingerprint density at radius 2 is 1.66 bits per heavy atom. The smallest absolute Gasteiger partial charge is 0.338 e. The first-order chi connectivity index (χ1) is 18.2. The SMILES string of the molecule is N#Cc1cc(C(=O)OC2Cc3c(C#N)cc(N)cc3OC2c2cc(O)c(N=O)c(C#N)c2)cc(O)c1C#N. The first-order valence-electron chi connectivity index (χ1n) is 10.7. The maximum atomic E-state index is 13.1. The van der Waals surface area contributed by atoms with Crippen LogP contribution in [0.1, 0.15) is 49.8 Å². The molecule has 184 valence electrons. The highest BCUT2D eigenvalue weighted by Gasteiger charge is 2.37. The van der Waals surface area contributed by atoms with Gasteiger partial charge in [-0.1, -0.05) is 0 Å². The number of benzene rings is 3. The first kappa shape index (κ1) is 25.0. The normalized spacial score (nSPS) is 15.4. The largest absolute Gasteiger partial charge is 0.506 e. The third kappa shape index (κ3) is 4.33. The van der Waals surface area contributed by atoms with Crippen LogP contribution in [0, 0.1) is 50.2 Å². The molecule has 0 saturated heterocycles. The molecule has 4 rings (SSSR count). The van der Waals surface area contributed by atoms with Crippen LogP contribution in [0.25, 0.3) is 0 Å². The number of nitriles is 4. The fourth-order valence-electron chi connectivity index (χ4n) is 4.13. The average molecular weight is 506 g/mol. The minimum absolute atomic E-state index is 0.0569. The van der Waals surface area contributed by atoms with Crippen LogP contribution in [0.2, 0.25) is 0 Å². The van der Waals surface area contributed by atoms with Gasteiger partial charge in [-0.05, 0) is 35.5 Å². The molecule has 0 fully saturated rings. The number of nitrogens with two attached hydrogens (primary N) is 1. The molecule has 4 N–H and O–H groups in total. The molecular weight excluding hydrogens is 492 g/mol. The number of carbonyl (C=O) groups excluding carboxylic acids is 1. The van der Waals surface area contributed by atoms with Crippen molar-refractivity contribution in [2.45, 2.75) is 18.6 Å². The lowest BCUT2D eigenvalue weighted by molar-refractivity contribution is -0.0183. The Morgan fingerprint density at radius 1 is 0.947 bits per heavy atom. The van der Waals surface area contributed by atoms with Gasteiger partial charge >= 0.3 is 5.97 Å². The highest BCUT2D eigenvalue weighted by atomic mass is 16.6. The van der Waals surface area contributed by atoms with Crippen LogP contribution >= 0.6 is 0 Å². The van der Waals surface area contributed by atoms with Crippen molar-refractivity contribution < 1.29 is 24.5 Å². The van der Waals surface area contributed by atoms with E-state index in [0.29, 0.717) is 5.56 Å². The van der Waals surface area contributed by atoms with E-state index in [2.05, 4.69) is 5.18 Å². The maximum absolute atomic E-state index is 13.1. The lowest BCUT2D eigenvalue weighted by atomic mass is 9.90. The monoisotopic (exact) mass is 506 g/mol. The number of esters is 1. The molecule has 0 spiro atoms. The second kappa shape index (κ2) is 9.87. The number of nitrogen functional groups attached to an aromatic ring is 1. The van der Waals surface area contributed by atoms with Gasteiger partial charge in [0.2, 0.25) is 0 Å². The molecule has 2 unspecified atom stereocenters. The van der Waals surface area contributed by atoms with Crippen molar-refractivity contribution in [1.82, 2.24) is 0 Å². The summed E-state index contributed by atoms with van der Waals surface area (Å²) in [5, 5.41) is 60.5. The van der Waals surface area contributed by atoms with Crippen LogP contribution in [-0.4, -0.2) is 22.3 Å². The van der Waals surface area contributed by atoms with Crippen molar-refractivity contribution >= 4 is 17.3 Å². The fraction of sp³-hybridized carbons (Fsp3) is 0.115. The van der Waals surface area contributed by atoms with Crippen LogP contribution in [0.15, 0.2) is 41.6 Å². The summed E-state index contributed by atoms with van der Waals surface area (Å²) in [6.45, 7) is 0. The number of carbonyl (C=O) groups is 1. The number of rotatable bonds is 4. The Hall–Kier alpha value is -6.11. The minimum Gasteiger partial charge on any atom is -0.506 e. The molecule has 0 saturated carbocycles. The summed E-state index contributed by atoms with van der Waals surface area (Å²) in [4.78, 5) is 24.2. The van der Waals surface area contributed by atoms with Gasteiger partial charge in [0, 0.05) is 29.3 Å². The third-order valence-electron chi connectivity index (χ3n) is 5.84. The third-order valence-corrected chi connectivity index (χ3v) is 5.84. The van der Waals surface area contributed by atoms with Gasteiger partial charge in [0.25, 0.3) is 0 Å². The fourth-order valence-corrected chi connectivity index (χ4v) is 4.13. The van der Waals surface area contributed by atoms with Crippen molar-refractivity contribution in [3.05, 3.63) is 80.2 Å². The molecule has 0 aromatic heterocycles. The van der Waals surface area contributed by atoms with Gasteiger partial charge < -0.3 is 25.4 Å². The molecule has 0 radical (unpaired) electrons. The summed E-state index contributed by atoms with van der Waals surface area (Å²) in [5.74, 6) is -1.98. The number of aromatic hydroxyl groups is 2. The molecule has 12 heteroatoms.